The highest BCUT2D eigenvalue weighted by Crippen LogP contribution is 2.25. The molecule has 4 nitrogen and oxygen atoms in total. The second-order valence-corrected chi connectivity index (χ2v) is 6.55. The number of benzene rings is 2. The van der Waals surface area contributed by atoms with Crippen molar-refractivity contribution in [2.24, 2.45) is 0 Å². The Morgan fingerprint density at radius 1 is 1.00 bits per heavy atom. The van der Waals surface area contributed by atoms with Crippen LogP contribution in [-0.4, -0.2) is 25.2 Å². The summed E-state index contributed by atoms with van der Waals surface area (Å²) in [5.41, 5.74) is 2.27. The van der Waals surface area contributed by atoms with Gasteiger partial charge < -0.3 is 14.8 Å². The van der Waals surface area contributed by atoms with Crippen LogP contribution in [0.15, 0.2) is 48.5 Å². The summed E-state index contributed by atoms with van der Waals surface area (Å²) in [6.07, 6.45) is 0.318. The molecule has 0 saturated carbocycles. The van der Waals surface area contributed by atoms with E-state index >= 15 is 0 Å². The summed E-state index contributed by atoms with van der Waals surface area (Å²) < 4.78 is 11.6. The van der Waals surface area contributed by atoms with Crippen LogP contribution in [0.4, 0.5) is 0 Å². The molecule has 1 N–H and O–H groups in total. The fraction of sp³-hybridized carbons (Fsp3) is 0.409. The predicted octanol–water partition coefficient (Wildman–Crippen LogP) is 4.33. The Morgan fingerprint density at radius 2 is 1.65 bits per heavy atom. The lowest BCUT2D eigenvalue weighted by atomic mass is 10.0. The molecule has 2 aromatic rings. The van der Waals surface area contributed by atoms with Crippen LogP contribution in [0.2, 0.25) is 0 Å². The Balaban J connectivity index is 1.80. The molecule has 1 atom stereocenters. The summed E-state index contributed by atoms with van der Waals surface area (Å²) in [6.45, 7) is 8.96. The molecular weight excluding hydrogens is 326 g/mol. The quantitative estimate of drug-likeness (QED) is 0.681. The molecule has 4 heteroatoms. The van der Waals surface area contributed by atoms with E-state index < -0.39 is 6.10 Å². The molecule has 1 amide bonds. The first-order valence-corrected chi connectivity index (χ1v) is 9.27. The standard InChI is InChI=1S/C22H29NO3/c1-5-18-10-6-8-12-20(18)26-17(4)22(24)23-14-15-25-21-13-9-7-11-19(21)16(2)3/h6-13,16-17H,5,14-15H2,1-4H3,(H,23,24). The van der Waals surface area contributed by atoms with Crippen LogP contribution in [0.1, 0.15) is 44.7 Å². The summed E-state index contributed by atoms with van der Waals surface area (Å²) in [5.74, 6) is 1.89. The van der Waals surface area contributed by atoms with Gasteiger partial charge in [-0.3, -0.25) is 4.79 Å². The van der Waals surface area contributed by atoms with Gasteiger partial charge in [-0.1, -0.05) is 57.2 Å². The number of ether oxygens (including phenoxy) is 2. The van der Waals surface area contributed by atoms with Crippen molar-refractivity contribution < 1.29 is 14.3 Å². The normalized spacial score (nSPS) is 11.9. The van der Waals surface area contributed by atoms with E-state index in [0.29, 0.717) is 19.1 Å². The maximum atomic E-state index is 12.2. The van der Waals surface area contributed by atoms with Crippen molar-refractivity contribution in [3.05, 3.63) is 59.7 Å². The van der Waals surface area contributed by atoms with Gasteiger partial charge in [0.05, 0.1) is 6.54 Å². The fourth-order valence-corrected chi connectivity index (χ4v) is 2.72. The third-order valence-corrected chi connectivity index (χ3v) is 4.23. The Labute approximate surface area is 156 Å². The predicted molar refractivity (Wildman–Crippen MR) is 105 cm³/mol. The van der Waals surface area contributed by atoms with Crippen molar-refractivity contribution in [1.82, 2.24) is 5.32 Å². The zero-order chi connectivity index (χ0) is 18.9. The molecule has 0 heterocycles. The Bertz CT molecular complexity index is 712. The molecule has 0 spiro atoms. The van der Waals surface area contributed by atoms with Crippen LogP contribution < -0.4 is 14.8 Å². The van der Waals surface area contributed by atoms with E-state index in [9.17, 15) is 4.79 Å². The molecule has 0 aliphatic rings. The first-order valence-electron chi connectivity index (χ1n) is 9.27. The molecule has 26 heavy (non-hydrogen) atoms. The number of hydrogen-bond donors (Lipinski definition) is 1. The van der Waals surface area contributed by atoms with Crippen molar-refractivity contribution in [3.63, 3.8) is 0 Å². The number of nitrogens with one attached hydrogen (secondary N) is 1. The molecule has 0 aliphatic carbocycles. The number of rotatable bonds is 9. The average Bonchev–Trinajstić information content (AvgIpc) is 2.65. The number of carbonyl (C=O) groups excluding carboxylic acids is 1. The molecule has 0 saturated heterocycles. The minimum atomic E-state index is -0.550. The lowest BCUT2D eigenvalue weighted by Crippen LogP contribution is -2.38. The molecule has 0 radical (unpaired) electrons. The van der Waals surface area contributed by atoms with Gasteiger partial charge in [-0.15, -0.1) is 0 Å². The van der Waals surface area contributed by atoms with E-state index in [1.165, 1.54) is 5.56 Å². The Kier molecular flexibility index (Phi) is 7.52. The molecule has 0 aromatic heterocycles. The number of hydrogen-bond acceptors (Lipinski definition) is 3. The molecule has 140 valence electrons. The third kappa shape index (κ3) is 5.51. The van der Waals surface area contributed by atoms with E-state index in [2.05, 4.69) is 32.2 Å². The molecule has 1 unspecified atom stereocenters. The highest BCUT2D eigenvalue weighted by atomic mass is 16.5. The van der Waals surface area contributed by atoms with Crippen molar-refractivity contribution >= 4 is 5.91 Å². The first-order chi connectivity index (χ1) is 12.5. The smallest absolute Gasteiger partial charge is 0.260 e. The first kappa shape index (κ1) is 19.8. The highest BCUT2D eigenvalue weighted by molar-refractivity contribution is 5.80. The maximum absolute atomic E-state index is 12.2. The zero-order valence-corrected chi connectivity index (χ0v) is 16.1. The minimum absolute atomic E-state index is 0.142. The SMILES string of the molecule is CCc1ccccc1OC(C)C(=O)NCCOc1ccccc1C(C)C. The summed E-state index contributed by atoms with van der Waals surface area (Å²) >= 11 is 0. The minimum Gasteiger partial charge on any atom is -0.491 e. The van der Waals surface area contributed by atoms with Gasteiger partial charge >= 0.3 is 0 Å². The van der Waals surface area contributed by atoms with Crippen LogP contribution in [0.3, 0.4) is 0 Å². The van der Waals surface area contributed by atoms with Gasteiger partial charge in [-0.05, 0) is 42.5 Å². The van der Waals surface area contributed by atoms with Gasteiger partial charge in [0.15, 0.2) is 6.10 Å². The van der Waals surface area contributed by atoms with Crippen molar-refractivity contribution in [3.8, 4) is 11.5 Å². The summed E-state index contributed by atoms with van der Waals surface area (Å²) in [5, 5.41) is 2.87. The van der Waals surface area contributed by atoms with E-state index in [0.717, 1.165) is 23.5 Å². The third-order valence-electron chi connectivity index (χ3n) is 4.23. The zero-order valence-electron chi connectivity index (χ0n) is 16.1. The second-order valence-electron chi connectivity index (χ2n) is 6.55. The van der Waals surface area contributed by atoms with Gasteiger partial charge in [0.2, 0.25) is 0 Å². The van der Waals surface area contributed by atoms with Gasteiger partial charge in [0.25, 0.3) is 5.91 Å². The van der Waals surface area contributed by atoms with E-state index in [1.807, 2.05) is 42.5 Å². The maximum Gasteiger partial charge on any atom is 0.260 e. The average molecular weight is 355 g/mol. The Hall–Kier alpha value is -2.49. The molecule has 2 aromatic carbocycles. The van der Waals surface area contributed by atoms with E-state index in [1.54, 1.807) is 6.92 Å². The van der Waals surface area contributed by atoms with Crippen molar-refractivity contribution in [2.75, 3.05) is 13.2 Å². The van der Waals surface area contributed by atoms with Crippen LogP contribution in [0.5, 0.6) is 11.5 Å². The van der Waals surface area contributed by atoms with E-state index in [-0.39, 0.29) is 5.91 Å². The number of aryl methyl sites for hydroxylation is 1. The number of para-hydroxylation sites is 2. The fourth-order valence-electron chi connectivity index (χ4n) is 2.72. The summed E-state index contributed by atoms with van der Waals surface area (Å²) in [4.78, 5) is 12.2. The topological polar surface area (TPSA) is 47.6 Å². The lowest BCUT2D eigenvalue weighted by Gasteiger charge is -2.17. The second kappa shape index (κ2) is 9.85. The molecule has 0 fully saturated rings. The van der Waals surface area contributed by atoms with Crippen LogP contribution in [0, 0.1) is 0 Å². The summed E-state index contributed by atoms with van der Waals surface area (Å²) in [6, 6.07) is 15.8. The van der Waals surface area contributed by atoms with Crippen molar-refractivity contribution in [1.29, 1.82) is 0 Å². The van der Waals surface area contributed by atoms with Gasteiger partial charge in [0.1, 0.15) is 18.1 Å². The van der Waals surface area contributed by atoms with Crippen LogP contribution >= 0.6 is 0 Å². The molecule has 0 aliphatic heterocycles. The monoisotopic (exact) mass is 355 g/mol. The summed E-state index contributed by atoms with van der Waals surface area (Å²) in [7, 11) is 0. The highest BCUT2D eigenvalue weighted by Gasteiger charge is 2.15. The number of amides is 1. The van der Waals surface area contributed by atoms with Gasteiger partial charge in [-0.25, -0.2) is 0 Å². The molecule has 0 bridgehead atoms. The molecule has 2 rings (SSSR count). The van der Waals surface area contributed by atoms with Crippen molar-refractivity contribution in [2.45, 2.75) is 46.1 Å². The largest absolute Gasteiger partial charge is 0.491 e. The van der Waals surface area contributed by atoms with Gasteiger partial charge in [0, 0.05) is 0 Å². The van der Waals surface area contributed by atoms with E-state index in [4.69, 9.17) is 9.47 Å². The number of carbonyl (C=O) groups is 1. The lowest BCUT2D eigenvalue weighted by molar-refractivity contribution is -0.127. The van der Waals surface area contributed by atoms with Gasteiger partial charge in [-0.2, -0.15) is 0 Å². The molecular formula is C22H29NO3. The van der Waals surface area contributed by atoms with Crippen LogP contribution in [-0.2, 0) is 11.2 Å². The Morgan fingerprint density at radius 3 is 2.35 bits per heavy atom. The van der Waals surface area contributed by atoms with Crippen LogP contribution in [0.25, 0.3) is 0 Å².